The number of anilines is 2. The molecule has 0 bridgehead atoms. The molecule has 2 saturated heterocycles. The SMILES string of the molecule is CN(c1ccnc(N2CCOCC2)n1)C1CCN(Cc2ccc3c(c2)OCCO3)CC1. The molecule has 0 amide bonds. The normalized spacial score (nSPS) is 20.0. The molecular formula is C23H31N5O3. The summed E-state index contributed by atoms with van der Waals surface area (Å²) in [4.78, 5) is 16.4. The molecule has 31 heavy (non-hydrogen) atoms. The Hall–Kier alpha value is -2.58. The molecule has 0 N–H and O–H groups in total. The number of ether oxygens (including phenoxy) is 3. The van der Waals surface area contributed by atoms with Crippen molar-refractivity contribution in [1.29, 1.82) is 0 Å². The summed E-state index contributed by atoms with van der Waals surface area (Å²) in [5.74, 6) is 3.54. The Morgan fingerprint density at radius 1 is 0.968 bits per heavy atom. The van der Waals surface area contributed by atoms with Crippen molar-refractivity contribution in [2.24, 2.45) is 0 Å². The van der Waals surface area contributed by atoms with Crippen molar-refractivity contribution in [3.8, 4) is 11.5 Å². The van der Waals surface area contributed by atoms with Crippen molar-refractivity contribution in [2.75, 3.05) is 69.5 Å². The van der Waals surface area contributed by atoms with Gasteiger partial charge in [-0.25, -0.2) is 4.98 Å². The second kappa shape index (κ2) is 9.28. The van der Waals surface area contributed by atoms with Gasteiger partial charge in [-0.3, -0.25) is 4.90 Å². The molecule has 3 aliphatic heterocycles. The second-order valence-corrected chi connectivity index (χ2v) is 8.41. The van der Waals surface area contributed by atoms with Gasteiger partial charge in [-0.2, -0.15) is 4.98 Å². The van der Waals surface area contributed by atoms with Crippen molar-refractivity contribution in [3.05, 3.63) is 36.0 Å². The first kappa shape index (κ1) is 20.3. The number of aromatic nitrogens is 2. The Morgan fingerprint density at radius 2 is 1.74 bits per heavy atom. The lowest BCUT2D eigenvalue weighted by molar-refractivity contribution is 0.122. The number of rotatable bonds is 5. The summed E-state index contributed by atoms with van der Waals surface area (Å²) in [5, 5.41) is 0. The molecule has 2 fully saturated rings. The summed E-state index contributed by atoms with van der Waals surface area (Å²) < 4.78 is 16.8. The van der Waals surface area contributed by atoms with E-state index in [0.717, 1.165) is 82.0 Å². The van der Waals surface area contributed by atoms with Crippen LogP contribution in [-0.4, -0.2) is 80.6 Å². The third-order valence-corrected chi connectivity index (χ3v) is 6.40. The fourth-order valence-corrected chi connectivity index (χ4v) is 4.55. The number of nitrogens with zero attached hydrogens (tertiary/aromatic N) is 5. The van der Waals surface area contributed by atoms with E-state index in [1.165, 1.54) is 5.56 Å². The van der Waals surface area contributed by atoms with Gasteiger partial charge in [0.2, 0.25) is 5.95 Å². The van der Waals surface area contributed by atoms with Crippen LogP contribution in [0.4, 0.5) is 11.8 Å². The van der Waals surface area contributed by atoms with Crippen molar-refractivity contribution in [1.82, 2.24) is 14.9 Å². The predicted octanol–water partition coefficient (Wildman–Crippen LogP) is 2.19. The van der Waals surface area contributed by atoms with Crippen molar-refractivity contribution >= 4 is 11.8 Å². The van der Waals surface area contributed by atoms with Gasteiger partial charge >= 0.3 is 0 Å². The monoisotopic (exact) mass is 425 g/mol. The lowest BCUT2D eigenvalue weighted by Gasteiger charge is -2.37. The standard InChI is InChI=1S/C23H31N5O3/c1-26(22-4-7-24-23(25-22)28-10-12-29-13-11-28)19-5-8-27(9-6-19)17-18-2-3-20-21(16-18)31-15-14-30-20/h2-4,7,16,19H,5-6,8-15,17H2,1H3. The summed E-state index contributed by atoms with van der Waals surface area (Å²) in [6.45, 7) is 7.54. The fraction of sp³-hybridized carbons (Fsp3) is 0.565. The molecule has 4 heterocycles. The molecule has 5 rings (SSSR count). The predicted molar refractivity (Wildman–Crippen MR) is 119 cm³/mol. The molecule has 0 unspecified atom stereocenters. The molecule has 3 aliphatic rings. The largest absolute Gasteiger partial charge is 0.486 e. The average Bonchev–Trinajstić information content (AvgIpc) is 2.85. The molecular weight excluding hydrogens is 394 g/mol. The third kappa shape index (κ3) is 4.70. The van der Waals surface area contributed by atoms with E-state index in [-0.39, 0.29) is 0 Å². The van der Waals surface area contributed by atoms with Crippen LogP contribution in [0, 0.1) is 0 Å². The van der Waals surface area contributed by atoms with Gasteiger partial charge in [-0.05, 0) is 36.6 Å². The zero-order chi connectivity index (χ0) is 21.0. The van der Waals surface area contributed by atoms with Gasteiger partial charge in [0, 0.05) is 52.0 Å². The van der Waals surface area contributed by atoms with Crippen LogP contribution in [0.2, 0.25) is 0 Å². The van der Waals surface area contributed by atoms with E-state index in [1.54, 1.807) is 0 Å². The Bertz CT molecular complexity index is 881. The minimum atomic E-state index is 0.490. The van der Waals surface area contributed by atoms with Crippen LogP contribution in [-0.2, 0) is 11.3 Å². The fourth-order valence-electron chi connectivity index (χ4n) is 4.55. The van der Waals surface area contributed by atoms with Crippen LogP contribution in [0.3, 0.4) is 0 Å². The number of likely N-dealkylation sites (tertiary alicyclic amines) is 1. The van der Waals surface area contributed by atoms with Gasteiger partial charge in [0.05, 0.1) is 13.2 Å². The second-order valence-electron chi connectivity index (χ2n) is 8.41. The van der Waals surface area contributed by atoms with Gasteiger partial charge < -0.3 is 24.0 Å². The minimum absolute atomic E-state index is 0.490. The molecule has 1 aromatic heterocycles. The van der Waals surface area contributed by atoms with Gasteiger partial charge in [0.15, 0.2) is 11.5 Å². The summed E-state index contributed by atoms with van der Waals surface area (Å²) >= 11 is 0. The van der Waals surface area contributed by atoms with Crippen LogP contribution < -0.4 is 19.3 Å². The summed E-state index contributed by atoms with van der Waals surface area (Å²) in [6.07, 6.45) is 4.12. The van der Waals surface area contributed by atoms with Crippen molar-refractivity contribution < 1.29 is 14.2 Å². The Kier molecular flexibility index (Phi) is 6.08. The molecule has 8 heteroatoms. The quantitative estimate of drug-likeness (QED) is 0.723. The zero-order valence-electron chi connectivity index (χ0n) is 18.2. The molecule has 0 saturated carbocycles. The highest BCUT2D eigenvalue weighted by Crippen LogP contribution is 2.31. The van der Waals surface area contributed by atoms with E-state index in [0.29, 0.717) is 19.3 Å². The Labute approximate surface area is 183 Å². The first-order chi connectivity index (χ1) is 15.3. The molecule has 1 aromatic carbocycles. The molecule has 0 radical (unpaired) electrons. The van der Waals surface area contributed by atoms with E-state index < -0.39 is 0 Å². The maximum atomic E-state index is 5.73. The summed E-state index contributed by atoms with van der Waals surface area (Å²) in [5.41, 5.74) is 1.28. The molecule has 0 spiro atoms. The zero-order valence-corrected chi connectivity index (χ0v) is 18.2. The number of morpholine rings is 1. The van der Waals surface area contributed by atoms with E-state index in [9.17, 15) is 0 Å². The van der Waals surface area contributed by atoms with Gasteiger partial charge in [-0.15, -0.1) is 0 Å². The lowest BCUT2D eigenvalue weighted by atomic mass is 10.0. The first-order valence-electron chi connectivity index (χ1n) is 11.3. The van der Waals surface area contributed by atoms with E-state index in [4.69, 9.17) is 19.2 Å². The lowest BCUT2D eigenvalue weighted by Crippen LogP contribution is -2.43. The van der Waals surface area contributed by atoms with Gasteiger partial charge in [0.25, 0.3) is 0 Å². The highest BCUT2D eigenvalue weighted by Gasteiger charge is 2.25. The summed E-state index contributed by atoms with van der Waals surface area (Å²) in [6, 6.07) is 8.82. The van der Waals surface area contributed by atoms with Gasteiger partial charge in [0.1, 0.15) is 19.0 Å². The van der Waals surface area contributed by atoms with Crippen LogP contribution >= 0.6 is 0 Å². The third-order valence-electron chi connectivity index (χ3n) is 6.40. The topological polar surface area (TPSA) is 63.2 Å². The maximum Gasteiger partial charge on any atom is 0.227 e. The number of hydrogen-bond donors (Lipinski definition) is 0. The summed E-state index contributed by atoms with van der Waals surface area (Å²) in [7, 11) is 2.16. The smallest absolute Gasteiger partial charge is 0.227 e. The Balaban J connectivity index is 1.17. The van der Waals surface area contributed by atoms with E-state index in [2.05, 4.69) is 38.9 Å². The van der Waals surface area contributed by atoms with Gasteiger partial charge in [-0.1, -0.05) is 6.07 Å². The number of benzene rings is 1. The van der Waals surface area contributed by atoms with Crippen molar-refractivity contribution in [2.45, 2.75) is 25.4 Å². The first-order valence-corrected chi connectivity index (χ1v) is 11.3. The minimum Gasteiger partial charge on any atom is -0.486 e. The van der Waals surface area contributed by atoms with Crippen LogP contribution in [0.5, 0.6) is 11.5 Å². The molecule has 8 nitrogen and oxygen atoms in total. The average molecular weight is 426 g/mol. The van der Waals surface area contributed by atoms with Crippen LogP contribution in [0.1, 0.15) is 18.4 Å². The molecule has 166 valence electrons. The molecule has 2 aromatic rings. The number of hydrogen-bond acceptors (Lipinski definition) is 8. The number of fused-ring (bicyclic) bond motifs is 1. The highest BCUT2D eigenvalue weighted by molar-refractivity contribution is 5.45. The van der Waals surface area contributed by atoms with Crippen molar-refractivity contribution in [3.63, 3.8) is 0 Å². The van der Waals surface area contributed by atoms with Crippen LogP contribution in [0.15, 0.2) is 30.5 Å². The van der Waals surface area contributed by atoms with E-state index in [1.807, 2.05) is 18.3 Å². The van der Waals surface area contributed by atoms with Crippen LogP contribution in [0.25, 0.3) is 0 Å². The highest BCUT2D eigenvalue weighted by atomic mass is 16.6. The van der Waals surface area contributed by atoms with E-state index >= 15 is 0 Å². The number of piperidine rings is 1. The maximum absolute atomic E-state index is 5.73. The molecule has 0 atom stereocenters. The molecule has 0 aliphatic carbocycles. The Morgan fingerprint density at radius 3 is 2.55 bits per heavy atom.